The largest absolute Gasteiger partial charge is 0.481 e. The van der Waals surface area contributed by atoms with Crippen molar-refractivity contribution in [2.45, 2.75) is 18.7 Å². The molecule has 0 radical (unpaired) electrons. The Morgan fingerprint density at radius 1 is 1.40 bits per heavy atom. The van der Waals surface area contributed by atoms with Gasteiger partial charge in [-0.1, -0.05) is 13.0 Å². The Hall–Kier alpha value is -1.47. The average molecular weight is 301 g/mol. The van der Waals surface area contributed by atoms with Gasteiger partial charge in [-0.05, 0) is 30.5 Å². The lowest BCUT2D eigenvalue weighted by atomic mass is 9.99. The third-order valence-corrected chi connectivity index (χ3v) is 5.50. The molecule has 0 aliphatic carbocycles. The van der Waals surface area contributed by atoms with Crippen LogP contribution in [0.5, 0.6) is 0 Å². The van der Waals surface area contributed by atoms with Crippen LogP contribution >= 0.6 is 0 Å². The minimum atomic E-state index is -3.85. The van der Waals surface area contributed by atoms with Gasteiger partial charge in [0.15, 0.2) is 0 Å². The van der Waals surface area contributed by atoms with Crippen LogP contribution in [0.3, 0.4) is 0 Å². The SMILES string of the molecule is Cc1ccc(S(=O)(=O)N2CC(C)C(C(=O)O)C2)cc1F. The molecule has 1 fully saturated rings. The molecule has 1 saturated heterocycles. The van der Waals surface area contributed by atoms with Gasteiger partial charge in [-0.25, -0.2) is 12.8 Å². The lowest BCUT2D eigenvalue weighted by Gasteiger charge is -2.16. The molecule has 1 aliphatic heterocycles. The molecule has 5 nitrogen and oxygen atoms in total. The van der Waals surface area contributed by atoms with E-state index in [9.17, 15) is 17.6 Å². The maximum absolute atomic E-state index is 13.5. The summed E-state index contributed by atoms with van der Waals surface area (Å²) in [6, 6.07) is 3.71. The molecule has 1 heterocycles. The summed E-state index contributed by atoms with van der Waals surface area (Å²) in [7, 11) is -3.85. The zero-order valence-electron chi connectivity index (χ0n) is 11.2. The summed E-state index contributed by atoms with van der Waals surface area (Å²) in [5, 5.41) is 9.04. The van der Waals surface area contributed by atoms with E-state index in [1.807, 2.05) is 0 Å². The van der Waals surface area contributed by atoms with E-state index in [2.05, 4.69) is 0 Å². The highest BCUT2D eigenvalue weighted by Gasteiger charge is 2.40. The quantitative estimate of drug-likeness (QED) is 0.917. The van der Waals surface area contributed by atoms with Crippen LogP contribution in [0.1, 0.15) is 12.5 Å². The highest BCUT2D eigenvalue weighted by atomic mass is 32.2. The Kier molecular flexibility index (Phi) is 3.84. The molecule has 7 heteroatoms. The standard InChI is InChI=1S/C13H16FNO4S/c1-8-3-4-10(5-12(8)14)20(18,19)15-6-9(2)11(7-15)13(16)17/h3-5,9,11H,6-7H2,1-2H3,(H,16,17). The van der Waals surface area contributed by atoms with E-state index in [0.29, 0.717) is 5.56 Å². The minimum Gasteiger partial charge on any atom is -0.481 e. The molecule has 110 valence electrons. The first-order valence-corrected chi connectivity index (χ1v) is 7.66. The molecule has 20 heavy (non-hydrogen) atoms. The normalized spacial score (nSPS) is 23.9. The van der Waals surface area contributed by atoms with Gasteiger partial charge in [-0.2, -0.15) is 4.31 Å². The van der Waals surface area contributed by atoms with E-state index in [1.165, 1.54) is 12.1 Å². The van der Waals surface area contributed by atoms with Crippen molar-refractivity contribution in [3.05, 3.63) is 29.6 Å². The fourth-order valence-corrected chi connectivity index (χ4v) is 3.90. The number of sulfonamides is 1. The van der Waals surface area contributed by atoms with Gasteiger partial charge in [0, 0.05) is 13.1 Å². The minimum absolute atomic E-state index is 0.0751. The van der Waals surface area contributed by atoms with Gasteiger partial charge >= 0.3 is 5.97 Å². The Balaban J connectivity index is 2.32. The lowest BCUT2D eigenvalue weighted by Crippen LogP contribution is -2.30. The van der Waals surface area contributed by atoms with Crippen LogP contribution in [-0.2, 0) is 14.8 Å². The fraction of sp³-hybridized carbons (Fsp3) is 0.462. The molecule has 1 aromatic carbocycles. The topological polar surface area (TPSA) is 74.7 Å². The average Bonchev–Trinajstić information content (AvgIpc) is 2.75. The lowest BCUT2D eigenvalue weighted by molar-refractivity contribution is -0.142. The molecular weight excluding hydrogens is 285 g/mol. The Morgan fingerprint density at radius 2 is 2.05 bits per heavy atom. The second-order valence-corrected chi connectivity index (χ2v) is 7.09. The number of aliphatic carboxylic acids is 1. The van der Waals surface area contributed by atoms with Crippen molar-refractivity contribution in [2.75, 3.05) is 13.1 Å². The van der Waals surface area contributed by atoms with Crippen molar-refractivity contribution in [1.82, 2.24) is 4.31 Å². The number of carboxylic acids is 1. The molecule has 0 saturated carbocycles. The van der Waals surface area contributed by atoms with Gasteiger partial charge in [0.25, 0.3) is 0 Å². The number of nitrogens with zero attached hydrogens (tertiary/aromatic N) is 1. The monoisotopic (exact) mass is 301 g/mol. The summed E-state index contributed by atoms with van der Waals surface area (Å²) < 4.78 is 39.4. The summed E-state index contributed by atoms with van der Waals surface area (Å²) in [6.07, 6.45) is 0. The number of halogens is 1. The smallest absolute Gasteiger partial charge is 0.308 e. The van der Waals surface area contributed by atoms with Gasteiger partial charge in [0.2, 0.25) is 10.0 Å². The van der Waals surface area contributed by atoms with Crippen molar-refractivity contribution in [3.63, 3.8) is 0 Å². The number of hydrogen-bond acceptors (Lipinski definition) is 3. The van der Waals surface area contributed by atoms with Crippen LogP contribution in [0.25, 0.3) is 0 Å². The zero-order chi connectivity index (χ0) is 15.1. The molecule has 2 rings (SSSR count). The van der Waals surface area contributed by atoms with Crippen LogP contribution in [0.2, 0.25) is 0 Å². The first-order valence-electron chi connectivity index (χ1n) is 6.22. The predicted octanol–water partition coefficient (Wildman–Crippen LogP) is 1.48. The van der Waals surface area contributed by atoms with Gasteiger partial charge < -0.3 is 5.11 Å². The number of carboxylic acid groups (broad SMARTS) is 1. The van der Waals surface area contributed by atoms with Crippen molar-refractivity contribution >= 4 is 16.0 Å². The molecular formula is C13H16FNO4S. The number of rotatable bonds is 3. The summed E-state index contributed by atoms with van der Waals surface area (Å²) >= 11 is 0. The Labute approximate surface area is 117 Å². The summed E-state index contributed by atoms with van der Waals surface area (Å²) in [6.45, 7) is 3.30. The van der Waals surface area contributed by atoms with Crippen molar-refractivity contribution in [3.8, 4) is 0 Å². The Morgan fingerprint density at radius 3 is 2.55 bits per heavy atom. The van der Waals surface area contributed by atoms with E-state index < -0.39 is 27.7 Å². The first kappa shape index (κ1) is 14.9. The van der Waals surface area contributed by atoms with E-state index in [4.69, 9.17) is 5.11 Å². The number of aryl methyl sites for hydroxylation is 1. The molecule has 2 atom stereocenters. The summed E-state index contributed by atoms with van der Waals surface area (Å²) in [4.78, 5) is 10.9. The molecule has 0 amide bonds. The van der Waals surface area contributed by atoms with Crippen molar-refractivity contribution in [1.29, 1.82) is 0 Å². The van der Waals surface area contributed by atoms with Crippen LogP contribution in [0, 0.1) is 24.6 Å². The second kappa shape index (κ2) is 5.14. The molecule has 2 unspecified atom stereocenters. The van der Waals surface area contributed by atoms with E-state index in [0.717, 1.165) is 10.4 Å². The third kappa shape index (κ3) is 2.55. The number of hydrogen-bond donors (Lipinski definition) is 1. The van der Waals surface area contributed by atoms with Crippen molar-refractivity contribution in [2.24, 2.45) is 11.8 Å². The zero-order valence-corrected chi connectivity index (χ0v) is 12.0. The molecule has 1 aromatic rings. The van der Waals surface area contributed by atoms with Crippen LogP contribution in [0.4, 0.5) is 4.39 Å². The van der Waals surface area contributed by atoms with Crippen LogP contribution in [0.15, 0.2) is 23.1 Å². The molecule has 0 bridgehead atoms. The number of carbonyl (C=O) groups is 1. The molecule has 0 aromatic heterocycles. The van der Waals surface area contributed by atoms with Gasteiger partial charge in [0.1, 0.15) is 5.82 Å². The van der Waals surface area contributed by atoms with Crippen LogP contribution < -0.4 is 0 Å². The summed E-state index contributed by atoms with van der Waals surface area (Å²) in [5.41, 5.74) is 0.363. The van der Waals surface area contributed by atoms with E-state index in [1.54, 1.807) is 13.8 Å². The second-order valence-electron chi connectivity index (χ2n) is 5.16. The Bertz CT molecular complexity index is 644. The molecule has 0 spiro atoms. The number of benzene rings is 1. The maximum Gasteiger partial charge on any atom is 0.308 e. The first-order chi connectivity index (χ1) is 9.23. The van der Waals surface area contributed by atoms with E-state index in [-0.39, 0.29) is 23.9 Å². The molecule has 1 N–H and O–H groups in total. The maximum atomic E-state index is 13.5. The predicted molar refractivity (Wildman–Crippen MR) is 70.2 cm³/mol. The third-order valence-electron chi connectivity index (χ3n) is 3.68. The highest BCUT2D eigenvalue weighted by molar-refractivity contribution is 7.89. The highest BCUT2D eigenvalue weighted by Crippen LogP contribution is 2.29. The van der Waals surface area contributed by atoms with Crippen LogP contribution in [-0.4, -0.2) is 36.9 Å². The fourth-order valence-electron chi connectivity index (χ4n) is 2.32. The van der Waals surface area contributed by atoms with Crippen molar-refractivity contribution < 1.29 is 22.7 Å². The molecule has 1 aliphatic rings. The van der Waals surface area contributed by atoms with Gasteiger partial charge in [0.05, 0.1) is 10.8 Å². The van der Waals surface area contributed by atoms with E-state index >= 15 is 0 Å². The van der Waals surface area contributed by atoms with Gasteiger partial charge in [-0.15, -0.1) is 0 Å². The summed E-state index contributed by atoms with van der Waals surface area (Å²) in [5.74, 6) is -2.59. The van der Waals surface area contributed by atoms with Gasteiger partial charge in [-0.3, -0.25) is 4.79 Å².